The predicted octanol–water partition coefficient (Wildman–Crippen LogP) is 5.59. The van der Waals surface area contributed by atoms with Gasteiger partial charge in [0.2, 0.25) is 0 Å². The fourth-order valence-electron chi connectivity index (χ4n) is 7.39. The van der Waals surface area contributed by atoms with Crippen LogP contribution in [0, 0.1) is 11.8 Å². The van der Waals surface area contributed by atoms with Crippen molar-refractivity contribution in [1.29, 1.82) is 0 Å². The topological polar surface area (TPSA) is 187 Å². The molecule has 16 nitrogen and oxygen atoms in total. The molecule has 0 spiro atoms. The monoisotopic (exact) mass is 904 g/mol. The first kappa shape index (κ1) is 45.4. The maximum Gasteiger partial charge on any atom is 0.284 e. The van der Waals surface area contributed by atoms with Gasteiger partial charge >= 0.3 is 0 Å². The van der Waals surface area contributed by atoms with Gasteiger partial charge in [-0.05, 0) is 67.6 Å². The van der Waals surface area contributed by atoms with Crippen molar-refractivity contribution < 1.29 is 37.1 Å². The SMILES string of the molecule is COc1ccc(-n2nc(S(C)(=O)=O)cc2C(=O)NN2CCC(C(=O)c3ccccc3)C2)cc1.COc1ccc(-n2nc(SC)cc2C(=O)NN2CCC(C(=O)c3ccccc3)C2)cc1. The van der Waals surface area contributed by atoms with Crippen molar-refractivity contribution >= 4 is 45.0 Å². The average molecular weight is 905 g/mol. The minimum absolute atomic E-state index is 0.0370. The second kappa shape index (κ2) is 20.3. The lowest BCUT2D eigenvalue weighted by Gasteiger charge is -2.17. The van der Waals surface area contributed by atoms with Crippen LogP contribution in [0.4, 0.5) is 0 Å². The lowest BCUT2D eigenvalue weighted by molar-refractivity contribution is 0.0791. The molecule has 8 rings (SSSR count). The van der Waals surface area contributed by atoms with Crippen LogP contribution in [0.5, 0.6) is 11.5 Å². The number of Topliss-reactive ketones (excluding diaryl/α,β-unsaturated/α-hetero) is 2. The summed E-state index contributed by atoms with van der Waals surface area (Å²) < 4.78 is 37.4. The zero-order valence-corrected chi connectivity index (χ0v) is 37.3. The van der Waals surface area contributed by atoms with Crippen LogP contribution in [-0.4, -0.2) is 114 Å². The van der Waals surface area contributed by atoms with Gasteiger partial charge in [0.25, 0.3) is 11.8 Å². The maximum absolute atomic E-state index is 13.1. The van der Waals surface area contributed by atoms with E-state index in [9.17, 15) is 27.6 Å². The van der Waals surface area contributed by atoms with Crippen LogP contribution in [0.1, 0.15) is 54.5 Å². The smallest absolute Gasteiger partial charge is 0.284 e. The number of thioether (sulfide) groups is 1. The zero-order chi connectivity index (χ0) is 45.4. The number of rotatable bonds is 14. The van der Waals surface area contributed by atoms with Gasteiger partial charge in [0, 0.05) is 67.5 Å². The Bertz CT molecular complexity index is 2710. The quantitative estimate of drug-likeness (QED) is 0.102. The number of carbonyl (C=O) groups is 4. The molecule has 0 aliphatic carbocycles. The van der Waals surface area contributed by atoms with E-state index >= 15 is 0 Å². The lowest BCUT2D eigenvalue weighted by atomic mass is 9.97. The Morgan fingerprint density at radius 1 is 0.625 bits per heavy atom. The Labute approximate surface area is 375 Å². The molecule has 2 aromatic heterocycles. The number of sulfone groups is 1. The Morgan fingerprint density at radius 3 is 1.45 bits per heavy atom. The number of benzene rings is 4. The first-order valence-corrected chi connectivity index (χ1v) is 23.5. The molecule has 4 heterocycles. The Kier molecular flexibility index (Phi) is 14.4. The highest BCUT2D eigenvalue weighted by Gasteiger charge is 2.32. The molecule has 332 valence electrons. The number of methoxy groups -OCH3 is 2. The minimum Gasteiger partial charge on any atom is -0.497 e. The normalized spacial score (nSPS) is 16.4. The van der Waals surface area contributed by atoms with Gasteiger partial charge in [-0.1, -0.05) is 60.7 Å². The summed E-state index contributed by atoms with van der Waals surface area (Å²) in [7, 11) is -0.484. The van der Waals surface area contributed by atoms with Crippen LogP contribution in [0.2, 0.25) is 0 Å². The number of nitrogens with one attached hydrogen (secondary N) is 2. The second-order valence-electron chi connectivity index (χ2n) is 15.1. The van der Waals surface area contributed by atoms with Crippen molar-refractivity contribution in [3.63, 3.8) is 0 Å². The second-order valence-corrected chi connectivity index (χ2v) is 17.9. The first-order valence-electron chi connectivity index (χ1n) is 20.4. The van der Waals surface area contributed by atoms with Crippen molar-refractivity contribution in [3.05, 3.63) is 144 Å². The number of amides is 2. The summed E-state index contributed by atoms with van der Waals surface area (Å²) in [5, 5.41) is 12.7. The van der Waals surface area contributed by atoms with Crippen molar-refractivity contribution in [2.75, 3.05) is 52.9 Å². The van der Waals surface area contributed by atoms with Crippen molar-refractivity contribution in [1.82, 2.24) is 40.4 Å². The molecular formula is C46H48N8O8S2. The predicted molar refractivity (Wildman–Crippen MR) is 241 cm³/mol. The van der Waals surface area contributed by atoms with E-state index in [1.54, 1.807) is 59.3 Å². The highest BCUT2D eigenvalue weighted by molar-refractivity contribution is 7.98. The molecule has 2 saturated heterocycles. The maximum atomic E-state index is 13.1. The summed E-state index contributed by atoms with van der Waals surface area (Å²) >= 11 is 1.47. The lowest BCUT2D eigenvalue weighted by Crippen LogP contribution is -2.41. The van der Waals surface area contributed by atoms with E-state index in [1.807, 2.05) is 84.1 Å². The number of hydrogen-bond acceptors (Lipinski definition) is 13. The van der Waals surface area contributed by atoms with Crippen LogP contribution in [0.3, 0.4) is 0 Å². The highest BCUT2D eigenvalue weighted by atomic mass is 32.2. The number of ketones is 2. The minimum atomic E-state index is -3.63. The average Bonchev–Trinajstić information content (AvgIpc) is 4.16. The number of carbonyl (C=O) groups excluding carboxylic acids is 4. The van der Waals surface area contributed by atoms with Gasteiger partial charge in [-0.15, -0.1) is 11.8 Å². The summed E-state index contributed by atoms with van der Waals surface area (Å²) in [4.78, 5) is 51.6. The van der Waals surface area contributed by atoms with Gasteiger partial charge in [0.15, 0.2) is 26.4 Å². The molecule has 2 amide bonds. The highest BCUT2D eigenvalue weighted by Crippen LogP contribution is 2.25. The van der Waals surface area contributed by atoms with E-state index in [1.165, 1.54) is 29.6 Å². The molecule has 2 fully saturated rings. The summed E-state index contributed by atoms with van der Waals surface area (Å²) in [6.45, 7) is 1.99. The molecule has 2 aliphatic rings. The molecule has 2 aliphatic heterocycles. The molecule has 0 radical (unpaired) electrons. The number of hydrazine groups is 2. The molecule has 6 aromatic rings. The van der Waals surface area contributed by atoms with E-state index in [-0.39, 0.29) is 40.0 Å². The summed E-state index contributed by atoms with van der Waals surface area (Å²) in [6, 6.07) is 35.5. The number of nitrogens with zero attached hydrogens (tertiary/aromatic N) is 6. The van der Waals surface area contributed by atoms with Crippen LogP contribution in [-0.2, 0) is 9.84 Å². The van der Waals surface area contributed by atoms with Gasteiger partial charge in [0.1, 0.15) is 27.9 Å². The number of ether oxygens (including phenoxy) is 2. The number of hydrogen-bond donors (Lipinski definition) is 2. The summed E-state index contributed by atoms with van der Waals surface area (Å²) in [5.41, 5.74) is 8.88. The summed E-state index contributed by atoms with van der Waals surface area (Å²) in [6.07, 6.45) is 4.28. The van der Waals surface area contributed by atoms with Crippen LogP contribution in [0.15, 0.2) is 131 Å². The van der Waals surface area contributed by atoms with E-state index in [2.05, 4.69) is 21.0 Å². The van der Waals surface area contributed by atoms with Crippen LogP contribution < -0.4 is 20.3 Å². The third-order valence-corrected chi connectivity index (χ3v) is 12.4. The fourth-order valence-corrected chi connectivity index (χ4v) is 8.34. The van der Waals surface area contributed by atoms with Gasteiger partial charge in [0.05, 0.1) is 25.6 Å². The third kappa shape index (κ3) is 10.8. The molecule has 2 atom stereocenters. The van der Waals surface area contributed by atoms with Crippen LogP contribution >= 0.6 is 11.8 Å². The molecule has 2 unspecified atom stereocenters. The molecule has 18 heteroatoms. The van der Waals surface area contributed by atoms with Crippen LogP contribution in [0.25, 0.3) is 11.4 Å². The molecule has 64 heavy (non-hydrogen) atoms. The fraction of sp³-hybridized carbons (Fsp3) is 0.261. The van der Waals surface area contributed by atoms with E-state index in [0.717, 1.165) is 22.7 Å². The van der Waals surface area contributed by atoms with Crippen molar-refractivity contribution in [2.24, 2.45) is 11.8 Å². The summed E-state index contributed by atoms with van der Waals surface area (Å²) in [5.74, 6) is 0.379. The standard InChI is InChI=1S/C23H24N4O5S.C23H24N4O3S/c1-32-19-10-8-18(9-11-19)27-20(14-21(24-27)33(2,30)31)23(29)25-26-13-12-17(15-26)22(28)16-6-4-3-5-7-16;1-30-19-10-8-18(9-11-19)27-20(14-21(24-27)31-2)23(29)25-26-13-12-17(15-26)22(28)16-6-4-3-5-7-16/h3-11,14,17H,12-13,15H2,1-2H3,(H,25,29);3-11,14,17H,12-13,15H2,1-2H3,(H,25,29). The third-order valence-electron chi connectivity index (χ3n) is 10.8. The Morgan fingerprint density at radius 2 is 1.05 bits per heavy atom. The molecule has 2 N–H and O–H groups in total. The molecule has 4 aromatic carbocycles. The van der Waals surface area contributed by atoms with Crippen molar-refractivity contribution in [3.8, 4) is 22.9 Å². The molecule has 0 saturated carbocycles. The van der Waals surface area contributed by atoms with Crippen molar-refractivity contribution in [2.45, 2.75) is 22.9 Å². The zero-order valence-electron chi connectivity index (χ0n) is 35.7. The van der Waals surface area contributed by atoms with Gasteiger partial charge in [-0.3, -0.25) is 30.0 Å². The molecular weight excluding hydrogens is 857 g/mol. The van der Waals surface area contributed by atoms with Gasteiger partial charge in [-0.25, -0.2) is 27.8 Å². The molecule has 0 bridgehead atoms. The largest absolute Gasteiger partial charge is 0.497 e. The van der Waals surface area contributed by atoms with E-state index < -0.39 is 15.7 Å². The Hall–Kier alpha value is -6.60. The van der Waals surface area contributed by atoms with E-state index in [4.69, 9.17) is 9.47 Å². The first-order chi connectivity index (χ1) is 30.8. The number of aromatic nitrogens is 4. The van der Waals surface area contributed by atoms with E-state index in [0.29, 0.717) is 67.3 Å². The Balaban J connectivity index is 0.000000192. The van der Waals surface area contributed by atoms with Gasteiger partial charge < -0.3 is 9.47 Å². The van der Waals surface area contributed by atoms with Gasteiger partial charge in [-0.2, -0.15) is 10.2 Å².